The Balaban J connectivity index is 2.40. The van der Waals surface area contributed by atoms with Gasteiger partial charge in [-0.25, -0.2) is 0 Å². The molecule has 94 valence electrons. The Labute approximate surface area is 104 Å². The van der Waals surface area contributed by atoms with Crippen molar-refractivity contribution in [2.45, 2.75) is 19.9 Å². The summed E-state index contributed by atoms with van der Waals surface area (Å²) in [6, 6.07) is 4.80. The second-order valence-corrected chi connectivity index (χ2v) is 4.89. The molecule has 0 aromatic heterocycles. The van der Waals surface area contributed by atoms with Crippen LogP contribution in [0.4, 0.5) is 0 Å². The third kappa shape index (κ3) is 2.31. The van der Waals surface area contributed by atoms with E-state index in [2.05, 4.69) is 36.6 Å². The molecule has 1 unspecified atom stereocenters. The van der Waals surface area contributed by atoms with Crippen LogP contribution in [0.3, 0.4) is 0 Å². The number of methoxy groups -OCH3 is 1. The lowest BCUT2D eigenvalue weighted by atomic mass is 9.86. The van der Waals surface area contributed by atoms with E-state index in [-0.39, 0.29) is 0 Å². The molecule has 1 heterocycles. The highest BCUT2D eigenvalue weighted by Gasteiger charge is 2.29. The molecule has 0 bridgehead atoms. The molecule has 1 aliphatic heterocycles. The van der Waals surface area contributed by atoms with E-state index in [1.807, 2.05) is 7.05 Å². The maximum Gasteiger partial charge on any atom is 0.126 e. The first-order chi connectivity index (χ1) is 8.17. The van der Waals surface area contributed by atoms with Gasteiger partial charge in [-0.1, -0.05) is 17.7 Å². The van der Waals surface area contributed by atoms with Crippen LogP contribution in [0.15, 0.2) is 12.1 Å². The van der Waals surface area contributed by atoms with Crippen LogP contribution in [0.25, 0.3) is 0 Å². The zero-order chi connectivity index (χ0) is 12.4. The maximum absolute atomic E-state index is 5.57. The first-order valence-corrected chi connectivity index (χ1v) is 6.20. The van der Waals surface area contributed by atoms with E-state index in [0.29, 0.717) is 12.0 Å². The minimum absolute atomic E-state index is 0.379. The molecular formula is C14H22N2O. The number of hydrogen-bond donors (Lipinski definition) is 2. The Bertz CT molecular complexity index is 399. The predicted molar refractivity (Wildman–Crippen MR) is 70.6 cm³/mol. The van der Waals surface area contributed by atoms with Crippen LogP contribution in [-0.2, 0) is 0 Å². The van der Waals surface area contributed by atoms with Crippen LogP contribution < -0.4 is 15.4 Å². The van der Waals surface area contributed by atoms with Gasteiger partial charge in [0.05, 0.1) is 7.11 Å². The molecule has 1 fully saturated rings. The van der Waals surface area contributed by atoms with Crippen molar-refractivity contribution in [2.24, 2.45) is 5.92 Å². The van der Waals surface area contributed by atoms with E-state index in [9.17, 15) is 0 Å². The molecule has 3 heteroatoms. The van der Waals surface area contributed by atoms with Crippen LogP contribution in [0.1, 0.15) is 22.7 Å². The summed E-state index contributed by atoms with van der Waals surface area (Å²) in [5.41, 5.74) is 3.81. The second-order valence-electron chi connectivity index (χ2n) is 4.89. The van der Waals surface area contributed by atoms with Gasteiger partial charge in [0, 0.05) is 30.6 Å². The Morgan fingerprint density at radius 3 is 2.53 bits per heavy atom. The van der Waals surface area contributed by atoms with Crippen LogP contribution >= 0.6 is 0 Å². The van der Waals surface area contributed by atoms with Gasteiger partial charge in [0.2, 0.25) is 0 Å². The minimum Gasteiger partial charge on any atom is -0.496 e. The van der Waals surface area contributed by atoms with Gasteiger partial charge in [-0.05, 0) is 26.5 Å². The molecule has 1 aromatic rings. The molecule has 0 aliphatic carbocycles. The smallest absolute Gasteiger partial charge is 0.126 e. The van der Waals surface area contributed by atoms with E-state index in [4.69, 9.17) is 4.74 Å². The average Bonchev–Trinajstić information content (AvgIpc) is 2.22. The molecular weight excluding hydrogens is 212 g/mol. The number of hydrogen-bond acceptors (Lipinski definition) is 3. The Kier molecular flexibility index (Phi) is 3.69. The fourth-order valence-corrected chi connectivity index (χ4v) is 2.69. The largest absolute Gasteiger partial charge is 0.496 e. The van der Waals surface area contributed by atoms with Gasteiger partial charge < -0.3 is 15.4 Å². The number of ether oxygens (including phenoxy) is 1. The zero-order valence-corrected chi connectivity index (χ0v) is 11.1. The fourth-order valence-electron chi connectivity index (χ4n) is 2.69. The van der Waals surface area contributed by atoms with Gasteiger partial charge in [-0.15, -0.1) is 0 Å². The van der Waals surface area contributed by atoms with Gasteiger partial charge in [0.25, 0.3) is 0 Å². The first-order valence-electron chi connectivity index (χ1n) is 6.20. The topological polar surface area (TPSA) is 33.3 Å². The summed E-state index contributed by atoms with van der Waals surface area (Å²) >= 11 is 0. The SMILES string of the molecule is CNC(c1cc(C)cc(C)c1OC)C1CNC1. The lowest BCUT2D eigenvalue weighted by Gasteiger charge is -2.35. The molecule has 3 nitrogen and oxygen atoms in total. The molecule has 0 spiro atoms. The Morgan fingerprint density at radius 1 is 1.35 bits per heavy atom. The Morgan fingerprint density at radius 2 is 2.06 bits per heavy atom. The predicted octanol–water partition coefficient (Wildman–Crippen LogP) is 1.79. The third-order valence-electron chi connectivity index (χ3n) is 3.58. The molecule has 1 aromatic carbocycles. The molecule has 17 heavy (non-hydrogen) atoms. The van der Waals surface area contributed by atoms with Crippen LogP contribution in [0, 0.1) is 19.8 Å². The van der Waals surface area contributed by atoms with Crippen LogP contribution in [0.2, 0.25) is 0 Å². The van der Waals surface area contributed by atoms with E-state index >= 15 is 0 Å². The number of benzene rings is 1. The van der Waals surface area contributed by atoms with Crippen LogP contribution in [-0.4, -0.2) is 27.2 Å². The summed E-state index contributed by atoms with van der Waals surface area (Å²) in [6.07, 6.45) is 0. The van der Waals surface area contributed by atoms with Crippen molar-refractivity contribution < 1.29 is 4.74 Å². The maximum atomic E-state index is 5.57. The van der Waals surface area contributed by atoms with E-state index in [1.54, 1.807) is 7.11 Å². The molecule has 0 saturated carbocycles. The number of nitrogens with one attached hydrogen (secondary N) is 2. The van der Waals surface area contributed by atoms with Gasteiger partial charge in [0.1, 0.15) is 5.75 Å². The molecule has 2 N–H and O–H groups in total. The molecule has 0 radical (unpaired) electrons. The normalized spacial score (nSPS) is 17.6. The van der Waals surface area contributed by atoms with Crippen LogP contribution in [0.5, 0.6) is 5.75 Å². The first kappa shape index (κ1) is 12.4. The van der Waals surface area contributed by atoms with E-state index < -0.39 is 0 Å². The fraction of sp³-hybridized carbons (Fsp3) is 0.571. The van der Waals surface area contributed by atoms with Gasteiger partial charge in [0.15, 0.2) is 0 Å². The summed E-state index contributed by atoms with van der Waals surface area (Å²) < 4.78 is 5.57. The highest BCUT2D eigenvalue weighted by Crippen LogP contribution is 2.34. The molecule has 1 atom stereocenters. The van der Waals surface area contributed by atoms with Gasteiger partial charge in [-0.2, -0.15) is 0 Å². The van der Waals surface area contributed by atoms with Gasteiger partial charge in [-0.3, -0.25) is 0 Å². The summed E-state index contributed by atoms with van der Waals surface area (Å²) in [4.78, 5) is 0. The number of aryl methyl sites for hydroxylation is 2. The van der Waals surface area contributed by atoms with Crippen molar-refractivity contribution in [1.82, 2.24) is 10.6 Å². The third-order valence-corrected chi connectivity index (χ3v) is 3.58. The lowest BCUT2D eigenvalue weighted by molar-refractivity contribution is 0.262. The zero-order valence-electron chi connectivity index (χ0n) is 11.1. The standard InChI is InChI=1S/C14H22N2O/c1-9-5-10(2)14(17-4)12(6-9)13(15-3)11-7-16-8-11/h5-6,11,13,15-16H,7-8H2,1-4H3. The van der Waals surface area contributed by atoms with E-state index in [1.165, 1.54) is 16.7 Å². The summed E-state index contributed by atoms with van der Waals surface area (Å²) in [5.74, 6) is 1.69. The minimum atomic E-state index is 0.379. The molecule has 1 saturated heterocycles. The quantitative estimate of drug-likeness (QED) is 0.833. The molecule has 1 aliphatic rings. The van der Waals surface area contributed by atoms with Gasteiger partial charge >= 0.3 is 0 Å². The molecule has 2 rings (SSSR count). The average molecular weight is 234 g/mol. The second kappa shape index (κ2) is 5.07. The summed E-state index contributed by atoms with van der Waals surface area (Å²) in [7, 11) is 3.78. The van der Waals surface area contributed by atoms with Crippen molar-refractivity contribution in [3.63, 3.8) is 0 Å². The summed E-state index contributed by atoms with van der Waals surface area (Å²) in [6.45, 7) is 6.42. The van der Waals surface area contributed by atoms with Crippen molar-refractivity contribution >= 4 is 0 Å². The van der Waals surface area contributed by atoms with Crippen molar-refractivity contribution in [3.8, 4) is 5.75 Å². The van der Waals surface area contributed by atoms with Crippen molar-refractivity contribution in [3.05, 3.63) is 28.8 Å². The van der Waals surface area contributed by atoms with Crippen molar-refractivity contribution in [2.75, 3.05) is 27.2 Å². The highest BCUT2D eigenvalue weighted by atomic mass is 16.5. The lowest BCUT2D eigenvalue weighted by Crippen LogP contribution is -2.48. The van der Waals surface area contributed by atoms with Crippen molar-refractivity contribution in [1.29, 1.82) is 0 Å². The van der Waals surface area contributed by atoms with E-state index in [0.717, 1.165) is 18.8 Å². The summed E-state index contributed by atoms with van der Waals surface area (Å²) in [5, 5.41) is 6.76. The monoisotopic (exact) mass is 234 g/mol. The Hall–Kier alpha value is -1.06. The highest BCUT2D eigenvalue weighted by molar-refractivity contribution is 5.46. The number of rotatable bonds is 4. The molecule has 0 amide bonds.